The van der Waals surface area contributed by atoms with Crippen LogP contribution < -0.4 is 9.64 Å². The Bertz CT molecular complexity index is 1020. The number of halogens is 1. The van der Waals surface area contributed by atoms with Crippen LogP contribution in [0.25, 0.3) is 11.0 Å². The Morgan fingerprint density at radius 2 is 2.15 bits per heavy atom. The predicted molar refractivity (Wildman–Crippen MR) is 101 cm³/mol. The van der Waals surface area contributed by atoms with Crippen molar-refractivity contribution in [2.24, 2.45) is 0 Å². The molecule has 0 amide bonds. The molecule has 0 saturated carbocycles. The molecular weight excluding hydrogens is 350 g/mol. The highest BCUT2D eigenvalue weighted by Gasteiger charge is 2.32. The van der Waals surface area contributed by atoms with Gasteiger partial charge in [-0.3, -0.25) is 0 Å². The van der Waals surface area contributed by atoms with Crippen LogP contribution in [0.15, 0.2) is 30.3 Å². The van der Waals surface area contributed by atoms with Crippen molar-refractivity contribution in [3.8, 4) is 11.9 Å². The van der Waals surface area contributed by atoms with Crippen LogP contribution in [0.4, 0.5) is 11.6 Å². The third-order valence-corrected chi connectivity index (χ3v) is 5.11. The van der Waals surface area contributed by atoms with Gasteiger partial charge in [0.05, 0.1) is 47.6 Å². The number of nitriles is 1. The number of anilines is 2. The van der Waals surface area contributed by atoms with E-state index in [9.17, 15) is 5.26 Å². The molecule has 0 spiro atoms. The molecule has 0 fully saturated rings. The van der Waals surface area contributed by atoms with E-state index in [1.54, 1.807) is 7.11 Å². The Labute approximate surface area is 156 Å². The summed E-state index contributed by atoms with van der Waals surface area (Å²) in [5.74, 6) is 1.37. The van der Waals surface area contributed by atoms with E-state index in [0.29, 0.717) is 17.3 Å². The van der Waals surface area contributed by atoms with Crippen molar-refractivity contribution in [1.82, 2.24) is 14.5 Å². The minimum atomic E-state index is 0.0389. The zero-order valence-corrected chi connectivity index (χ0v) is 15.4. The first-order valence-electron chi connectivity index (χ1n) is 8.46. The number of pyridine rings is 1. The van der Waals surface area contributed by atoms with Gasteiger partial charge >= 0.3 is 0 Å². The topological polar surface area (TPSA) is 67.0 Å². The predicted octanol–water partition coefficient (Wildman–Crippen LogP) is 4.23. The van der Waals surface area contributed by atoms with Gasteiger partial charge in [-0.05, 0) is 31.5 Å². The standard InChI is InChI=1S/C19H18ClN5O/c1-12-15(6-7-17(22-12)26-2)25-13(8-10-21)9-11-24-16-5-3-4-14(20)18(16)23-19(24)25/h3-7,13H,8-9,11H2,1-2H3. The summed E-state index contributed by atoms with van der Waals surface area (Å²) in [6, 6.07) is 12.0. The van der Waals surface area contributed by atoms with Crippen molar-refractivity contribution in [3.05, 3.63) is 41.0 Å². The number of para-hydroxylation sites is 1. The van der Waals surface area contributed by atoms with Crippen LogP contribution in [0.2, 0.25) is 5.02 Å². The Morgan fingerprint density at radius 3 is 2.88 bits per heavy atom. The van der Waals surface area contributed by atoms with Crippen molar-refractivity contribution in [3.63, 3.8) is 0 Å². The fraction of sp³-hybridized carbons (Fsp3) is 0.316. The molecule has 1 aliphatic rings. The second kappa shape index (κ2) is 6.50. The van der Waals surface area contributed by atoms with E-state index in [1.165, 1.54) is 0 Å². The van der Waals surface area contributed by atoms with Gasteiger partial charge in [0.15, 0.2) is 0 Å². The largest absolute Gasteiger partial charge is 0.481 e. The van der Waals surface area contributed by atoms with Gasteiger partial charge in [-0.15, -0.1) is 0 Å². The molecule has 1 aliphatic heterocycles. The van der Waals surface area contributed by atoms with Crippen LogP contribution in [0.3, 0.4) is 0 Å². The maximum absolute atomic E-state index is 9.31. The normalized spacial score (nSPS) is 16.4. The Morgan fingerprint density at radius 1 is 1.31 bits per heavy atom. The van der Waals surface area contributed by atoms with Crippen LogP contribution in [0.1, 0.15) is 18.5 Å². The monoisotopic (exact) mass is 367 g/mol. The molecule has 2 aromatic heterocycles. The molecule has 0 N–H and O–H groups in total. The van der Waals surface area contributed by atoms with E-state index >= 15 is 0 Å². The van der Waals surface area contributed by atoms with Gasteiger partial charge in [0.1, 0.15) is 5.52 Å². The number of imidazole rings is 1. The molecule has 0 radical (unpaired) electrons. The van der Waals surface area contributed by atoms with Crippen LogP contribution in [0.5, 0.6) is 5.88 Å². The van der Waals surface area contributed by atoms with E-state index in [4.69, 9.17) is 21.3 Å². The Kier molecular flexibility index (Phi) is 4.17. The number of benzene rings is 1. The fourth-order valence-corrected chi connectivity index (χ4v) is 3.79. The van der Waals surface area contributed by atoms with E-state index in [-0.39, 0.29) is 6.04 Å². The smallest absolute Gasteiger partial charge is 0.213 e. The first-order chi connectivity index (χ1) is 12.6. The lowest BCUT2D eigenvalue weighted by Gasteiger charge is -2.36. The van der Waals surface area contributed by atoms with Gasteiger partial charge in [0, 0.05) is 12.6 Å². The van der Waals surface area contributed by atoms with E-state index in [2.05, 4.69) is 20.5 Å². The molecule has 0 aliphatic carbocycles. The summed E-state index contributed by atoms with van der Waals surface area (Å²) in [5, 5.41) is 9.94. The fourth-order valence-electron chi connectivity index (χ4n) is 3.58. The van der Waals surface area contributed by atoms with Gasteiger partial charge < -0.3 is 14.2 Å². The number of aryl methyl sites for hydroxylation is 2. The van der Waals surface area contributed by atoms with Crippen molar-refractivity contribution in [2.45, 2.75) is 32.4 Å². The molecule has 0 saturated heterocycles. The summed E-state index contributed by atoms with van der Waals surface area (Å²) in [6.07, 6.45) is 1.27. The lowest BCUT2D eigenvalue weighted by atomic mass is 10.1. The van der Waals surface area contributed by atoms with Gasteiger partial charge in [-0.1, -0.05) is 17.7 Å². The summed E-state index contributed by atoms with van der Waals surface area (Å²) >= 11 is 6.36. The van der Waals surface area contributed by atoms with Crippen LogP contribution in [-0.4, -0.2) is 27.7 Å². The zero-order valence-electron chi connectivity index (χ0n) is 14.6. The molecule has 3 aromatic rings. The number of hydrogen-bond acceptors (Lipinski definition) is 5. The first-order valence-corrected chi connectivity index (χ1v) is 8.84. The molecule has 1 atom stereocenters. The number of hydrogen-bond donors (Lipinski definition) is 0. The average Bonchev–Trinajstić information content (AvgIpc) is 3.02. The summed E-state index contributed by atoms with van der Waals surface area (Å²) < 4.78 is 7.39. The van der Waals surface area contributed by atoms with Gasteiger partial charge in [0.2, 0.25) is 11.8 Å². The molecule has 7 heteroatoms. The molecule has 4 rings (SSSR count). The minimum absolute atomic E-state index is 0.0389. The van der Waals surface area contributed by atoms with E-state index in [1.807, 2.05) is 37.3 Å². The molecule has 3 heterocycles. The molecule has 1 aromatic carbocycles. The first kappa shape index (κ1) is 16.7. The highest BCUT2D eigenvalue weighted by Crippen LogP contribution is 2.39. The van der Waals surface area contributed by atoms with Crippen molar-refractivity contribution in [2.75, 3.05) is 12.0 Å². The maximum Gasteiger partial charge on any atom is 0.213 e. The molecule has 6 nitrogen and oxygen atoms in total. The van der Waals surface area contributed by atoms with E-state index < -0.39 is 0 Å². The molecule has 132 valence electrons. The molecule has 1 unspecified atom stereocenters. The molecular formula is C19H18ClN5O. The van der Waals surface area contributed by atoms with Gasteiger partial charge in [-0.25, -0.2) is 9.97 Å². The number of methoxy groups -OCH3 is 1. The number of rotatable bonds is 3. The highest BCUT2D eigenvalue weighted by molar-refractivity contribution is 6.35. The van der Waals surface area contributed by atoms with Gasteiger partial charge in [-0.2, -0.15) is 5.26 Å². The van der Waals surface area contributed by atoms with Crippen LogP contribution in [-0.2, 0) is 6.54 Å². The number of ether oxygens (including phenoxy) is 1. The number of fused-ring (bicyclic) bond motifs is 3. The van der Waals surface area contributed by atoms with E-state index in [0.717, 1.165) is 41.3 Å². The number of nitrogens with zero attached hydrogens (tertiary/aromatic N) is 5. The zero-order chi connectivity index (χ0) is 18.3. The SMILES string of the molecule is COc1ccc(N2c3nc4c(Cl)cccc4n3CCC2CC#N)c(C)n1. The lowest BCUT2D eigenvalue weighted by Crippen LogP contribution is -2.38. The summed E-state index contributed by atoms with van der Waals surface area (Å²) in [7, 11) is 1.60. The second-order valence-corrected chi connectivity index (χ2v) is 6.71. The minimum Gasteiger partial charge on any atom is -0.481 e. The third kappa shape index (κ3) is 2.56. The molecule has 26 heavy (non-hydrogen) atoms. The summed E-state index contributed by atoms with van der Waals surface area (Å²) in [4.78, 5) is 11.4. The quantitative estimate of drug-likeness (QED) is 0.693. The van der Waals surface area contributed by atoms with Gasteiger partial charge in [0.25, 0.3) is 0 Å². The second-order valence-electron chi connectivity index (χ2n) is 6.30. The van der Waals surface area contributed by atoms with Crippen molar-refractivity contribution < 1.29 is 4.74 Å². The lowest BCUT2D eigenvalue weighted by molar-refractivity contribution is 0.396. The Balaban J connectivity index is 1.92. The average molecular weight is 368 g/mol. The van der Waals surface area contributed by atoms with Crippen LogP contribution >= 0.6 is 11.6 Å². The molecule has 0 bridgehead atoms. The summed E-state index contributed by atoms with van der Waals surface area (Å²) in [6.45, 7) is 2.74. The summed E-state index contributed by atoms with van der Waals surface area (Å²) in [5.41, 5.74) is 3.55. The third-order valence-electron chi connectivity index (χ3n) is 4.80. The maximum atomic E-state index is 9.31. The number of aromatic nitrogens is 3. The van der Waals surface area contributed by atoms with Crippen molar-refractivity contribution >= 4 is 34.3 Å². The highest BCUT2D eigenvalue weighted by atomic mass is 35.5. The van der Waals surface area contributed by atoms with Crippen molar-refractivity contribution in [1.29, 1.82) is 5.26 Å². The Hall–Kier alpha value is -2.78. The van der Waals surface area contributed by atoms with Crippen LogP contribution in [0, 0.1) is 18.3 Å².